The molecule has 0 atom stereocenters. The molecular formula is C25H21N3O6. The highest BCUT2D eigenvalue weighted by Gasteiger charge is 2.29. The third-order valence-corrected chi connectivity index (χ3v) is 5.58. The highest BCUT2D eigenvalue weighted by Crippen LogP contribution is 2.34. The molecule has 1 amide bonds. The number of carbonyl (C=O) groups excluding carboxylic acids is 2. The Morgan fingerprint density at radius 2 is 1.76 bits per heavy atom. The van der Waals surface area contributed by atoms with Crippen molar-refractivity contribution < 1.29 is 23.7 Å². The van der Waals surface area contributed by atoms with E-state index in [9.17, 15) is 19.7 Å². The van der Waals surface area contributed by atoms with Crippen molar-refractivity contribution in [1.82, 2.24) is 0 Å². The van der Waals surface area contributed by atoms with E-state index in [4.69, 9.17) is 4.42 Å². The number of ether oxygens (including phenoxy) is 1. The first kappa shape index (κ1) is 22.7. The number of amides is 1. The number of nitro groups is 1. The highest BCUT2D eigenvalue weighted by molar-refractivity contribution is 6.32. The molecule has 0 fully saturated rings. The fraction of sp³-hybridized carbons (Fsp3) is 0.160. The molecule has 1 aliphatic heterocycles. The first-order valence-corrected chi connectivity index (χ1v) is 10.4. The fourth-order valence-corrected chi connectivity index (χ4v) is 3.58. The van der Waals surface area contributed by atoms with Crippen molar-refractivity contribution in [3.05, 3.63) is 86.7 Å². The Bertz CT molecular complexity index is 1380. The molecule has 1 aromatic heterocycles. The summed E-state index contributed by atoms with van der Waals surface area (Å²) in [6.45, 7) is 5.38. The number of hydrogen-bond acceptors (Lipinski definition) is 7. The SMILES string of the molecule is COC(=O)c1ccc(N2N=C(C)/C(=C/c3ccc(-c4cc(C)c(C)cc4[N+](=O)[O-])o3)C2=O)cc1. The van der Waals surface area contributed by atoms with Crippen LogP contribution in [0.4, 0.5) is 11.4 Å². The van der Waals surface area contributed by atoms with E-state index in [-0.39, 0.29) is 11.6 Å². The van der Waals surface area contributed by atoms with Crippen LogP contribution >= 0.6 is 0 Å². The molecule has 3 aromatic rings. The zero-order chi connectivity index (χ0) is 24.6. The number of hydrazone groups is 1. The number of aryl methyl sites for hydroxylation is 2. The molecule has 4 rings (SSSR count). The van der Waals surface area contributed by atoms with Crippen molar-refractivity contribution in [1.29, 1.82) is 0 Å². The van der Waals surface area contributed by atoms with Gasteiger partial charge in [0.2, 0.25) is 0 Å². The summed E-state index contributed by atoms with van der Waals surface area (Å²) >= 11 is 0. The predicted molar refractivity (Wildman–Crippen MR) is 127 cm³/mol. The van der Waals surface area contributed by atoms with Crippen LogP contribution in [0.25, 0.3) is 17.4 Å². The lowest BCUT2D eigenvalue weighted by Gasteiger charge is -2.12. The van der Waals surface area contributed by atoms with Crippen LogP contribution in [0, 0.1) is 24.0 Å². The first-order chi connectivity index (χ1) is 16.2. The minimum atomic E-state index is -0.475. The molecule has 172 valence electrons. The zero-order valence-electron chi connectivity index (χ0n) is 19.0. The molecule has 0 N–H and O–H groups in total. The molecule has 9 heteroatoms. The molecule has 2 aromatic carbocycles. The molecule has 9 nitrogen and oxygen atoms in total. The van der Waals surface area contributed by atoms with E-state index in [2.05, 4.69) is 9.84 Å². The van der Waals surface area contributed by atoms with Gasteiger partial charge in [0.1, 0.15) is 11.5 Å². The van der Waals surface area contributed by atoms with Crippen LogP contribution in [0.1, 0.15) is 34.2 Å². The summed E-state index contributed by atoms with van der Waals surface area (Å²) in [5.74, 6) is -0.143. The topological polar surface area (TPSA) is 115 Å². The molecule has 0 bridgehead atoms. The number of nitro benzene ring substituents is 1. The number of carbonyl (C=O) groups is 2. The Balaban J connectivity index is 1.63. The van der Waals surface area contributed by atoms with E-state index >= 15 is 0 Å². The van der Waals surface area contributed by atoms with Crippen molar-refractivity contribution >= 4 is 35.0 Å². The number of nitrogens with zero attached hydrogens (tertiary/aromatic N) is 3. The normalized spacial score (nSPS) is 14.5. The maximum atomic E-state index is 13.0. The van der Waals surface area contributed by atoms with E-state index < -0.39 is 10.9 Å². The van der Waals surface area contributed by atoms with E-state index in [1.165, 1.54) is 18.2 Å². The van der Waals surface area contributed by atoms with E-state index in [0.717, 1.165) is 11.1 Å². The van der Waals surface area contributed by atoms with Gasteiger partial charge in [0.25, 0.3) is 11.6 Å². The van der Waals surface area contributed by atoms with Gasteiger partial charge in [-0.15, -0.1) is 0 Å². The van der Waals surface area contributed by atoms with Gasteiger partial charge in [-0.1, -0.05) is 0 Å². The molecule has 2 heterocycles. The van der Waals surface area contributed by atoms with Crippen molar-refractivity contribution in [2.45, 2.75) is 20.8 Å². The summed E-state index contributed by atoms with van der Waals surface area (Å²) in [4.78, 5) is 35.7. The molecule has 0 radical (unpaired) electrons. The van der Waals surface area contributed by atoms with E-state index in [0.29, 0.717) is 39.6 Å². The van der Waals surface area contributed by atoms with Gasteiger partial charge in [0.15, 0.2) is 0 Å². The molecule has 0 spiro atoms. The van der Waals surface area contributed by atoms with Crippen LogP contribution in [-0.2, 0) is 9.53 Å². The summed E-state index contributed by atoms with van der Waals surface area (Å²) in [5.41, 5.74) is 3.70. The second-order valence-electron chi connectivity index (χ2n) is 7.81. The summed E-state index contributed by atoms with van der Waals surface area (Å²) in [5, 5.41) is 17.1. The van der Waals surface area contributed by atoms with Crippen LogP contribution in [0.15, 0.2) is 63.6 Å². The van der Waals surface area contributed by atoms with Gasteiger partial charge in [-0.05, 0) is 80.4 Å². The maximum absolute atomic E-state index is 13.0. The quantitative estimate of drug-likeness (QED) is 0.228. The van der Waals surface area contributed by atoms with Crippen molar-refractivity contribution in [2.75, 3.05) is 12.1 Å². The third kappa shape index (κ3) is 4.11. The van der Waals surface area contributed by atoms with E-state index in [1.807, 2.05) is 13.8 Å². The fourth-order valence-electron chi connectivity index (χ4n) is 3.58. The van der Waals surface area contributed by atoms with Crippen LogP contribution in [0.3, 0.4) is 0 Å². The summed E-state index contributed by atoms with van der Waals surface area (Å²) in [7, 11) is 1.29. The average Bonchev–Trinajstić information content (AvgIpc) is 3.40. The van der Waals surface area contributed by atoms with Crippen LogP contribution in [0.5, 0.6) is 0 Å². The minimum Gasteiger partial charge on any atom is -0.465 e. The molecule has 0 saturated carbocycles. The second-order valence-corrected chi connectivity index (χ2v) is 7.81. The predicted octanol–water partition coefficient (Wildman–Crippen LogP) is 5.06. The lowest BCUT2D eigenvalue weighted by Crippen LogP contribution is -2.21. The van der Waals surface area contributed by atoms with Crippen LogP contribution in [-0.4, -0.2) is 29.6 Å². The van der Waals surface area contributed by atoms with E-state index in [1.54, 1.807) is 55.5 Å². The van der Waals surface area contributed by atoms with Gasteiger partial charge in [0.05, 0.1) is 40.1 Å². The number of rotatable bonds is 5. The van der Waals surface area contributed by atoms with Gasteiger partial charge >= 0.3 is 5.97 Å². The Labute approximate surface area is 195 Å². The van der Waals surface area contributed by atoms with Crippen LogP contribution in [0.2, 0.25) is 0 Å². The summed E-state index contributed by atoms with van der Waals surface area (Å²) in [6.07, 6.45) is 1.56. The maximum Gasteiger partial charge on any atom is 0.337 e. The van der Waals surface area contributed by atoms with Gasteiger partial charge in [-0.25, -0.2) is 4.79 Å². The number of anilines is 1. The number of esters is 1. The monoisotopic (exact) mass is 459 g/mol. The molecule has 34 heavy (non-hydrogen) atoms. The Morgan fingerprint density at radius 3 is 2.41 bits per heavy atom. The molecule has 0 unspecified atom stereocenters. The Hall–Kier alpha value is -4.53. The highest BCUT2D eigenvalue weighted by atomic mass is 16.6. The molecular weight excluding hydrogens is 438 g/mol. The minimum absolute atomic E-state index is 0.0482. The first-order valence-electron chi connectivity index (χ1n) is 10.4. The lowest BCUT2D eigenvalue weighted by molar-refractivity contribution is -0.384. The zero-order valence-corrected chi connectivity index (χ0v) is 19.0. The van der Waals surface area contributed by atoms with Gasteiger partial charge in [-0.3, -0.25) is 14.9 Å². The van der Waals surface area contributed by atoms with Crippen molar-refractivity contribution in [3.8, 4) is 11.3 Å². The summed E-state index contributed by atoms with van der Waals surface area (Å²) in [6, 6.07) is 12.8. The second kappa shape index (κ2) is 8.78. The summed E-state index contributed by atoms with van der Waals surface area (Å²) < 4.78 is 10.5. The Kier molecular flexibility index (Phi) is 5.85. The molecule has 1 aliphatic rings. The number of methoxy groups -OCH3 is 1. The smallest absolute Gasteiger partial charge is 0.337 e. The third-order valence-electron chi connectivity index (χ3n) is 5.58. The average molecular weight is 459 g/mol. The van der Waals surface area contributed by atoms with Gasteiger partial charge < -0.3 is 9.15 Å². The Morgan fingerprint density at radius 1 is 1.09 bits per heavy atom. The van der Waals surface area contributed by atoms with Crippen LogP contribution < -0.4 is 5.01 Å². The van der Waals surface area contributed by atoms with Gasteiger partial charge in [0, 0.05) is 6.07 Å². The largest absolute Gasteiger partial charge is 0.465 e. The molecule has 0 aliphatic carbocycles. The number of furan rings is 1. The van der Waals surface area contributed by atoms with Crippen molar-refractivity contribution in [2.24, 2.45) is 5.10 Å². The molecule has 0 saturated heterocycles. The lowest BCUT2D eigenvalue weighted by atomic mass is 10.0. The number of benzene rings is 2. The number of hydrogen-bond donors (Lipinski definition) is 0. The van der Waals surface area contributed by atoms with Gasteiger partial charge in [-0.2, -0.15) is 10.1 Å². The standard InChI is InChI=1S/C25H21N3O6/c1-14-11-21(22(28(31)32)12-15(14)2)23-10-9-19(34-23)13-20-16(3)26-27(24(20)29)18-7-5-17(6-8-18)25(30)33-4/h5-13H,1-4H3/b20-13-. The van der Waals surface area contributed by atoms with Crippen molar-refractivity contribution in [3.63, 3.8) is 0 Å².